The van der Waals surface area contributed by atoms with E-state index in [2.05, 4.69) is 10.2 Å². The zero-order valence-corrected chi connectivity index (χ0v) is 10.9. The number of hydrogen-bond acceptors (Lipinski definition) is 3. The fraction of sp³-hybridized carbons (Fsp3) is 0.917. The molecule has 1 amide bonds. The summed E-state index contributed by atoms with van der Waals surface area (Å²) >= 11 is 0. The Bertz CT molecular complexity index is 238. The zero-order chi connectivity index (χ0) is 12.3. The lowest BCUT2D eigenvalue weighted by molar-refractivity contribution is -0.126. The van der Waals surface area contributed by atoms with Gasteiger partial charge in [0, 0.05) is 18.6 Å². The van der Waals surface area contributed by atoms with Crippen molar-refractivity contribution in [2.45, 2.75) is 51.7 Å². The van der Waals surface area contributed by atoms with Crippen molar-refractivity contribution in [3.05, 3.63) is 0 Å². The fourth-order valence-corrected chi connectivity index (χ4v) is 2.05. The third-order valence-electron chi connectivity index (χ3n) is 3.35. The molecule has 1 saturated carbocycles. The summed E-state index contributed by atoms with van der Waals surface area (Å²) in [5.74, 6) is 0.792. The van der Waals surface area contributed by atoms with Crippen LogP contribution in [-0.4, -0.2) is 42.5 Å². The Morgan fingerprint density at radius 3 is 2.38 bits per heavy atom. The average molecular weight is 227 g/mol. The van der Waals surface area contributed by atoms with E-state index in [-0.39, 0.29) is 18.0 Å². The second kappa shape index (κ2) is 5.64. The van der Waals surface area contributed by atoms with Gasteiger partial charge in [0.2, 0.25) is 5.91 Å². The minimum atomic E-state index is -0.100. The highest BCUT2D eigenvalue weighted by atomic mass is 16.2. The Balaban J connectivity index is 2.50. The molecule has 4 nitrogen and oxygen atoms in total. The van der Waals surface area contributed by atoms with Crippen LogP contribution in [0.2, 0.25) is 0 Å². The summed E-state index contributed by atoms with van der Waals surface area (Å²) in [4.78, 5) is 14.0. The maximum Gasteiger partial charge on any atom is 0.237 e. The summed E-state index contributed by atoms with van der Waals surface area (Å²) in [5.41, 5.74) is 5.78. The number of carbonyl (C=O) groups excluding carboxylic acids is 1. The van der Waals surface area contributed by atoms with Crippen LogP contribution in [0.3, 0.4) is 0 Å². The molecule has 2 atom stereocenters. The molecule has 0 bridgehead atoms. The first kappa shape index (κ1) is 13.5. The molecule has 0 saturated heterocycles. The highest BCUT2D eigenvalue weighted by Gasteiger charge is 2.35. The molecule has 0 aromatic carbocycles. The van der Waals surface area contributed by atoms with Crippen LogP contribution < -0.4 is 11.1 Å². The van der Waals surface area contributed by atoms with E-state index in [1.165, 1.54) is 12.8 Å². The van der Waals surface area contributed by atoms with Crippen LogP contribution in [0.4, 0.5) is 0 Å². The molecule has 0 heterocycles. The SMILES string of the molecule is CC(C)NC(=O)C(C)N(C)C(CN)C1CC1. The number of likely N-dealkylation sites (N-methyl/N-ethyl adjacent to an activating group) is 1. The Labute approximate surface area is 98.6 Å². The first-order chi connectivity index (χ1) is 7.47. The van der Waals surface area contributed by atoms with Crippen molar-refractivity contribution in [3.8, 4) is 0 Å². The Hall–Kier alpha value is -0.610. The molecule has 3 N–H and O–H groups in total. The third kappa shape index (κ3) is 3.46. The van der Waals surface area contributed by atoms with Crippen molar-refractivity contribution in [2.75, 3.05) is 13.6 Å². The summed E-state index contributed by atoms with van der Waals surface area (Å²) < 4.78 is 0. The molecule has 2 unspecified atom stereocenters. The van der Waals surface area contributed by atoms with Gasteiger partial charge in [-0.25, -0.2) is 0 Å². The maximum absolute atomic E-state index is 11.9. The molecule has 0 aliphatic heterocycles. The highest BCUT2D eigenvalue weighted by Crippen LogP contribution is 2.35. The van der Waals surface area contributed by atoms with Crippen molar-refractivity contribution >= 4 is 5.91 Å². The Morgan fingerprint density at radius 2 is 2.00 bits per heavy atom. The van der Waals surface area contributed by atoms with Crippen molar-refractivity contribution < 1.29 is 4.79 Å². The van der Waals surface area contributed by atoms with E-state index < -0.39 is 0 Å². The standard InChI is InChI=1S/C12H25N3O/c1-8(2)14-12(16)9(3)15(4)11(7-13)10-5-6-10/h8-11H,5-7,13H2,1-4H3,(H,14,16). The minimum Gasteiger partial charge on any atom is -0.353 e. The molecular weight excluding hydrogens is 202 g/mol. The van der Waals surface area contributed by atoms with Crippen LogP contribution in [0.1, 0.15) is 33.6 Å². The van der Waals surface area contributed by atoms with E-state index in [1.54, 1.807) is 0 Å². The first-order valence-corrected chi connectivity index (χ1v) is 6.19. The number of nitrogens with one attached hydrogen (secondary N) is 1. The van der Waals surface area contributed by atoms with Crippen LogP contribution in [0.15, 0.2) is 0 Å². The number of amides is 1. The summed E-state index contributed by atoms with van der Waals surface area (Å²) in [7, 11) is 2.00. The van der Waals surface area contributed by atoms with Crippen LogP contribution >= 0.6 is 0 Å². The third-order valence-corrected chi connectivity index (χ3v) is 3.35. The Kier molecular flexibility index (Phi) is 4.74. The van der Waals surface area contributed by atoms with E-state index in [0.29, 0.717) is 18.5 Å². The zero-order valence-electron chi connectivity index (χ0n) is 10.9. The van der Waals surface area contributed by atoms with E-state index in [0.717, 1.165) is 0 Å². The maximum atomic E-state index is 11.9. The molecule has 4 heteroatoms. The lowest BCUT2D eigenvalue weighted by Crippen LogP contribution is -2.51. The molecule has 1 aliphatic rings. The molecule has 1 fully saturated rings. The predicted octanol–water partition coefficient (Wildman–Crippen LogP) is 0.569. The quantitative estimate of drug-likeness (QED) is 0.697. The summed E-state index contributed by atoms with van der Waals surface area (Å²) in [6.45, 7) is 6.54. The normalized spacial score (nSPS) is 19.9. The summed E-state index contributed by atoms with van der Waals surface area (Å²) in [6, 6.07) is 0.449. The number of nitrogens with two attached hydrogens (primary N) is 1. The van der Waals surface area contributed by atoms with E-state index in [1.807, 2.05) is 27.8 Å². The van der Waals surface area contributed by atoms with Crippen LogP contribution in [0.5, 0.6) is 0 Å². The number of rotatable bonds is 6. The predicted molar refractivity (Wildman–Crippen MR) is 66.1 cm³/mol. The molecule has 1 aliphatic carbocycles. The van der Waals surface area contributed by atoms with Crippen molar-refractivity contribution in [2.24, 2.45) is 11.7 Å². The highest BCUT2D eigenvalue weighted by molar-refractivity contribution is 5.81. The first-order valence-electron chi connectivity index (χ1n) is 6.19. The lowest BCUT2D eigenvalue weighted by atomic mass is 10.1. The second-order valence-corrected chi connectivity index (χ2v) is 5.15. The van der Waals surface area contributed by atoms with Gasteiger partial charge in [-0.3, -0.25) is 9.69 Å². The van der Waals surface area contributed by atoms with Gasteiger partial charge in [-0.15, -0.1) is 0 Å². The molecule has 0 aromatic rings. The van der Waals surface area contributed by atoms with Crippen LogP contribution in [0.25, 0.3) is 0 Å². The summed E-state index contributed by atoms with van der Waals surface area (Å²) in [5, 5.41) is 2.94. The van der Waals surface area contributed by atoms with Crippen molar-refractivity contribution in [1.82, 2.24) is 10.2 Å². The van der Waals surface area contributed by atoms with Gasteiger partial charge < -0.3 is 11.1 Å². The van der Waals surface area contributed by atoms with Gasteiger partial charge in [-0.1, -0.05) is 0 Å². The monoisotopic (exact) mass is 227 g/mol. The number of carbonyl (C=O) groups is 1. The molecular formula is C12H25N3O. The van der Waals surface area contributed by atoms with Gasteiger partial charge in [0.05, 0.1) is 6.04 Å². The summed E-state index contributed by atoms with van der Waals surface area (Å²) in [6.07, 6.45) is 2.51. The molecule has 16 heavy (non-hydrogen) atoms. The second-order valence-electron chi connectivity index (χ2n) is 5.15. The average Bonchev–Trinajstić information content (AvgIpc) is 3.00. The van der Waals surface area contributed by atoms with Crippen molar-refractivity contribution in [1.29, 1.82) is 0 Å². The van der Waals surface area contributed by atoms with E-state index >= 15 is 0 Å². The van der Waals surface area contributed by atoms with Gasteiger partial charge in [-0.05, 0) is 46.6 Å². The lowest BCUT2D eigenvalue weighted by Gasteiger charge is -2.32. The van der Waals surface area contributed by atoms with Crippen molar-refractivity contribution in [3.63, 3.8) is 0 Å². The van der Waals surface area contributed by atoms with Crippen LogP contribution in [-0.2, 0) is 4.79 Å². The van der Waals surface area contributed by atoms with Gasteiger partial charge in [0.15, 0.2) is 0 Å². The topological polar surface area (TPSA) is 58.4 Å². The molecule has 0 spiro atoms. The largest absolute Gasteiger partial charge is 0.353 e. The molecule has 0 radical (unpaired) electrons. The number of hydrogen-bond donors (Lipinski definition) is 2. The fourth-order valence-electron chi connectivity index (χ4n) is 2.05. The van der Waals surface area contributed by atoms with Crippen LogP contribution in [0, 0.1) is 5.92 Å². The smallest absolute Gasteiger partial charge is 0.237 e. The van der Waals surface area contributed by atoms with E-state index in [9.17, 15) is 4.79 Å². The molecule has 1 rings (SSSR count). The molecule has 0 aromatic heterocycles. The van der Waals surface area contributed by atoms with Gasteiger partial charge in [0.1, 0.15) is 0 Å². The number of nitrogens with zero attached hydrogens (tertiary/aromatic N) is 1. The molecule has 94 valence electrons. The van der Waals surface area contributed by atoms with E-state index in [4.69, 9.17) is 5.73 Å². The van der Waals surface area contributed by atoms with Gasteiger partial charge in [-0.2, -0.15) is 0 Å². The van der Waals surface area contributed by atoms with Gasteiger partial charge in [0.25, 0.3) is 0 Å². The van der Waals surface area contributed by atoms with Gasteiger partial charge >= 0.3 is 0 Å². The Morgan fingerprint density at radius 1 is 1.44 bits per heavy atom. The minimum absolute atomic E-state index is 0.0941.